The predicted molar refractivity (Wildman–Crippen MR) is 83.8 cm³/mol. The third-order valence-electron chi connectivity index (χ3n) is 3.37. The number of hydrogen-bond donors (Lipinski definition) is 1. The van der Waals surface area contributed by atoms with Gasteiger partial charge >= 0.3 is 0 Å². The van der Waals surface area contributed by atoms with Crippen molar-refractivity contribution in [1.29, 1.82) is 0 Å². The summed E-state index contributed by atoms with van der Waals surface area (Å²) in [5, 5.41) is 5.97. The van der Waals surface area contributed by atoms with E-state index in [-0.39, 0.29) is 0 Å². The molecule has 1 aromatic carbocycles. The lowest BCUT2D eigenvalue weighted by molar-refractivity contribution is 0.129. The zero-order chi connectivity index (χ0) is 14.0. The Morgan fingerprint density at radius 3 is 2.95 bits per heavy atom. The smallest absolute Gasteiger partial charge is 0.0478 e. The van der Waals surface area contributed by atoms with E-state index in [1.807, 2.05) is 12.4 Å². The van der Waals surface area contributed by atoms with Crippen LogP contribution < -0.4 is 5.32 Å². The van der Waals surface area contributed by atoms with E-state index in [1.54, 1.807) is 0 Å². The van der Waals surface area contributed by atoms with Crippen molar-refractivity contribution in [3.05, 3.63) is 42.2 Å². The molecule has 0 atom stereocenters. The molecule has 1 heterocycles. The van der Waals surface area contributed by atoms with Gasteiger partial charge in [-0.25, -0.2) is 0 Å². The van der Waals surface area contributed by atoms with E-state index in [2.05, 4.69) is 41.5 Å². The van der Waals surface area contributed by atoms with Crippen LogP contribution in [0.25, 0.3) is 10.8 Å². The summed E-state index contributed by atoms with van der Waals surface area (Å²) in [6.07, 6.45) is 7.20. The van der Waals surface area contributed by atoms with Crippen molar-refractivity contribution < 1.29 is 4.74 Å². The molecule has 3 nitrogen and oxygen atoms in total. The summed E-state index contributed by atoms with van der Waals surface area (Å²) < 4.78 is 5.55. The number of benzene rings is 1. The van der Waals surface area contributed by atoms with Gasteiger partial charge in [0.15, 0.2) is 0 Å². The Morgan fingerprint density at radius 1 is 1.15 bits per heavy atom. The largest absolute Gasteiger partial charge is 0.381 e. The summed E-state index contributed by atoms with van der Waals surface area (Å²) in [7, 11) is 0. The Labute approximate surface area is 121 Å². The lowest BCUT2D eigenvalue weighted by Gasteiger charge is -2.08. The van der Waals surface area contributed by atoms with E-state index in [1.165, 1.54) is 22.8 Å². The molecule has 108 valence electrons. The van der Waals surface area contributed by atoms with Crippen LogP contribution >= 0.6 is 0 Å². The van der Waals surface area contributed by atoms with Gasteiger partial charge in [0, 0.05) is 37.5 Å². The van der Waals surface area contributed by atoms with Crippen LogP contribution in [0.4, 0.5) is 0 Å². The van der Waals surface area contributed by atoms with Crippen LogP contribution in [0.3, 0.4) is 0 Å². The Kier molecular flexibility index (Phi) is 6.48. The SMILES string of the molecule is CCCCOCCCNCc1cccc2cnccc12. The zero-order valence-electron chi connectivity index (χ0n) is 12.3. The highest BCUT2D eigenvalue weighted by Crippen LogP contribution is 2.16. The van der Waals surface area contributed by atoms with Gasteiger partial charge in [-0.3, -0.25) is 4.98 Å². The summed E-state index contributed by atoms with van der Waals surface area (Å²) in [6.45, 7) is 5.83. The van der Waals surface area contributed by atoms with Gasteiger partial charge in [-0.1, -0.05) is 31.5 Å². The molecule has 2 aromatic rings. The highest BCUT2D eigenvalue weighted by molar-refractivity contribution is 5.84. The van der Waals surface area contributed by atoms with E-state index >= 15 is 0 Å². The van der Waals surface area contributed by atoms with Crippen molar-refractivity contribution in [3.8, 4) is 0 Å². The number of nitrogens with zero attached hydrogens (tertiary/aromatic N) is 1. The minimum atomic E-state index is 0.854. The summed E-state index contributed by atoms with van der Waals surface area (Å²) >= 11 is 0. The van der Waals surface area contributed by atoms with Crippen LogP contribution in [0.1, 0.15) is 31.7 Å². The van der Waals surface area contributed by atoms with E-state index in [4.69, 9.17) is 4.74 Å². The quantitative estimate of drug-likeness (QED) is 0.709. The van der Waals surface area contributed by atoms with Crippen molar-refractivity contribution in [2.45, 2.75) is 32.7 Å². The first-order chi connectivity index (χ1) is 9.92. The van der Waals surface area contributed by atoms with Gasteiger partial charge in [0.1, 0.15) is 0 Å². The molecule has 0 radical (unpaired) electrons. The average Bonchev–Trinajstić information content (AvgIpc) is 2.50. The molecule has 0 aliphatic rings. The molecule has 0 saturated heterocycles. The van der Waals surface area contributed by atoms with Crippen LogP contribution in [0.5, 0.6) is 0 Å². The third-order valence-corrected chi connectivity index (χ3v) is 3.37. The second kappa shape index (κ2) is 8.67. The molecule has 20 heavy (non-hydrogen) atoms. The Hall–Kier alpha value is -1.45. The van der Waals surface area contributed by atoms with Crippen LogP contribution in [-0.2, 0) is 11.3 Å². The molecule has 0 fully saturated rings. The monoisotopic (exact) mass is 272 g/mol. The Balaban J connectivity index is 1.71. The highest BCUT2D eigenvalue weighted by Gasteiger charge is 1.99. The predicted octanol–water partition coefficient (Wildman–Crippen LogP) is 3.53. The van der Waals surface area contributed by atoms with Crippen molar-refractivity contribution >= 4 is 10.8 Å². The number of pyridine rings is 1. The van der Waals surface area contributed by atoms with Crippen LogP contribution in [0, 0.1) is 0 Å². The fourth-order valence-corrected chi connectivity index (χ4v) is 2.21. The second-order valence-corrected chi connectivity index (χ2v) is 5.01. The normalized spacial score (nSPS) is 11.1. The second-order valence-electron chi connectivity index (χ2n) is 5.01. The van der Waals surface area contributed by atoms with E-state index in [0.29, 0.717) is 0 Å². The van der Waals surface area contributed by atoms with Gasteiger partial charge in [0.25, 0.3) is 0 Å². The molecule has 0 bridgehead atoms. The fourth-order valence-electron chi connectivity index (χ4n) is 2.21. The first-order valence-electron chi connectivity index (χ1n) is 7.52. The lowest BCUT2D eigenvalue weighted by atomic mass is 10.1. The van der Waals surface area contributed by atoms with Crippen LogP contribution in [0.15, 0.2) is 36.7 Å². The van der Waals surface area contributed by atoms with E-state index in [0.717, 1.165) is 39.1 Å². The molecule has 0 spiro atoms. The van der Waals surface area contributed by atoms with E-state index in [9.17, 15) is 0 Å². The molecule has 0 unspecified atom stereocenters. The van der Waals surface area contributed by atoms with Gasteiger partial charge < -0.3 is 10.1 Å². The van der Waals surface area contributed by atoms with Gasteiger partial charge in [-0.15, -0.1) is 0 Å². The molecule has 1 aromatic heterocycles. The highest BCUT2D eigenvalue weighted by atomic mass is 16.5. The topological polar surface area (TPSA) is 34.1 Å². The summed E-state index contributed by atoms with van der Waals surface area (Å²) in [5.41, 5.74) is 1.33. The van der Waals surface area contributed by atoms with Gasteiger partial charge in [-0.2, -0.15) is 0 Å². The van der Waals surface area contributed by atoms with Crippen LogP contribution in [0.2, 0.25) is 0 Å². The number of rotatable bonds is 9. The summed E-state index contributed by atoms with van der Waals surface area (Å²) in [5.74, 6) is 0. The first kappa shape index (κ1) is 14.9. The molecule has 1 N–H and O–H groups in total. The first-order valence-corrected chi connectivity index (χ1v) is 7.52. The number of ether oxygens (including phenoxy) is 1. The Bertz CT molecular complexity index is 508. The minimum absolute atomic E-state index is 0.854. The van der Waals surface area contributed by atoms with E-state index < -0.39 is 0 Å². The molecule has 0 amide bonds. The molecular formula is C17H24N2O. The third kappa shape index (κ3) is 4.58. The Morgan fingerprint density at radius 2 is 2.05 bits per heavy atom. The molecule has 2 rings (SSSR count). The van der Waals surface area contributed by atoms with Crippen molar-refractivity contribution in [2.75, 3.05) is 19.8 Å². The van der Waals surface area contributed by atoms with Crippen LogP contribution in [-0.4, -0.2) is 24.7 Å². The average molecular weight is 272 g/mol. The lowest BCUT2D eigenvalue weighted by Crippen LogP contribution is -2.16. The van der Waals surface area contributed by atoms with Gasteiger partial charge in [0.2, 0.25) is 0 Å². The van der Waals surface area contributed by atoms with Crippen molar-refractivity contribution in [3.63, 3.8) is 0 Å². The summed E-state index contributed by atoms with van der Waals surface area (Å²) in [6, 6.07) is 8.45. The fraction of sp³-hybridized carbons (Fsp3) is 0.471. The standard InChI is InChI=1S/C17H24N2O/c1-2-3-11-20-12-5-9-18-13-15-6-4-7-16-14-19-10-8-17(15)16/h4,6-8,10,14,18H,2-3,5,9,11-13H2,1H3. The maximum atomic E-state index is 5.55. The minimum Gasteiger partial charge on any atom is -0.381 e. The maximum absolute atomic E-state index is 5.55. The number of unbranched alkanes of at least 4 members (excludes halogenated alkanes) is 1. The van der Waals surface area contributed by atoms with Crippen molar-refractivity contribution in [2.24, 2.45) is 0 Å². The van der Waals surface area contributed by atoms with Crippen molar-refractivity contribution in [1.82, 2.24) is 10.3 Å². The number of aromatic nitrogens is 1. The number of hydrogen-bond acceptors (Lipinski definition) is 3. The molecular weight excluding hydrogens is 248 g/mol. The zero-order valence-corrected chi connectivity index (χ0v) is 12.3. The molecule has 0 saturated carbocycles. The number of fused-ring (bicyclic) bond motifs is 1. The number of nitrogens with one attached hydrogen (secondary N) is 1. The van der Waals surface area contributed by atoms with Gasteiger partial charge in [-0.05, 0) is 36.4 Å². The maximum Gasteiger partial charge on any atom is 0.0478 e. The molecule has 0 aliphatic carbocycles. The van der Waals surface area contributed by atoms with Gasteiger partial charge in [0.05, 0.1) is 0 Å². The summed E-state index contributed by atoms with van der Waals surface area (Å²) in [4.78, 5) is 4.16. The molecule has 0 aliphatic heterocycles. The molecule has 3 heteroatoms.